The summed E-state index contributed by atoms with van der Waals surface area (Å²) in [5, 5.41) is 11.8. The fraction of sp³-hybridized carbons (Fsp3) is 0.360. The van der Waals surface area contributed by atoms with Crippen molar-refractivity contribution in [2.75, 3.05) is 26.9 Å². The van der Waals surface area contributed by atoms with Crippen LogP contribution in [-0.2, 0) is 14.3 Å². The van der Waals surface area contributed by atoms with Gasteiger partial charge in [-0.05, 0) is 54.3 Å². The second-order valence-corrected chi connectivity index (χ2v) is 8.31. The first-order valence-corrected chi connectivity index (χ1v) is 11.0. The highest BCUT2D eigenvalue weighted by Crippen LogP contribution is 2.40. The van der Waals surface area contributed by atoms with E-state index >= 15 is 0 Å². The van der Waals surface area contributed by atoms with Crippen molar-refractivity contribution in [2.45, 2.75) is 32.7 Å². The van der Waals surface area contributed by atoms with Crippen LogP contribution >= 0.6 is 11.6 Å². The first-order valence-electron chi connectivity index (χ1n) is 10.6. The van der Waals surface area contributed by atoms with Crippen molar-refractivity contribution >= 4 is 29.1 Å². The van der Waals surface area contributed by atoms with Crippen LogP contribution in [0.2, 0.25) is 5.02 Å². The lowest BCUT2D eigenvalue weighted by molar-refractivity contribution is -0.140. The molecule has 32 heavy (non-hydrogen) atoms. The molecule has 0 aliphatic carbocycles. The van der Waals surface area contributed by atoms with Crippen LogP contribution in [0.5, 0.6) is 5.75 Å². The van der Waals surface area contributed by atoms with Gasteiger partial charge < -0.3 is 19.5 Å². The number of ether oxygens (including phenoxy) is 2. The third kappa shape index (κ3) is 4.66. The number of aliphatic hydroxyl groups excluding tert-OH is 1. The molecule has 1 saturated heterocycles. The standard InChI is InChI=1S/C25H28ClNO5/c1-5-32-20-11-8-17(14-19(20)15(2)3)23(28)21-22(16-6-9-18(26)10-7-16)27(12-13-31-4)25(30)24(21)29/h6-11,14-15,22,28H,5,12-13H2,1-4H3/b23-21-. The molecule has 3 rings (SSSR count). The highest BCUT2D eigenvalue weighted by atomic mass is 35.5. The van der Waals surface area contributed by atoms with E-state index in [2.05, 4.69) is 0 Å². The molecule has 7 heteroatoms. The average Bonchev–Trinajstić information content (AvgIpc) is 3.02. The molecule has 1 aliphatic heterocycles. The molecule has 2 aromatic rings. The summed E-state index contributed by atoms with van der Waals surface area (Å²) in [7, 11) is 1.53. The summed E-state index contributed by atoms with van der Waals surface area (Å²) in [6.45, 7) is 6.96. The zero-order valence-corrected chi connectivity index (χ0v) is 19.5. The molecule has 1 atom stereocenters. The first kappa shape index (κ1) is 23.8. The Morgan fingerprint density at radius 1 is 1.16 bits per heavy atom. The Hall–Kier alpha value is -2.83. The van der Waals surface area contributed by atoms with Crippen molar-refractivity contribution in [3.8, 4) is 5.75 Å². The number of likely N-dealkylation sites (tertiary alicyclic amines) is 1. The number of nitrogens with zero attached hydrogens (tertiary/aromatic N) is 1. The van der Waals surface area contributed by atoms with Crippen LogP contribution in [0.25, 0.3) is 5.76 Å². The van der Waals surface area contributed by atoms with Crippen molar-refractivity contribution in [3.05, 3.63) is 69.8 Å². The topological polar surface area (TPSA) is 76.1 Å². The number of hydrogen-bond acceptors (Lipinski definition) is 5. The van der Waals surface area contributed by atoms with Gasteiger partial charge in [0.1, 0.15) is 11.5 Å². The molecule has 0 aromatic heterocycles. The summed E-state index contributed by atoms with van der Waals surface area (Å²) in [5.74, 6) is -0.736. The van der Waals surface area contributed by atoms with Gasteiger partial charge in [0.2, 0.25) is 0 Å². The zero-order valence-electron chi connectivity index (χ0n) is 18.7. The first-order chi connectivity index (χ1) is 15.3. The second-order valence-electron chi connectivity index (χ2n) is 7.88. The molecule has 1 fully saturated rings. The Kier molecular flexibility index (Phi) is 7.59. The molecule has 170 valence electrons. The Labute approximate surface area is 193 Å². The Bertz CT molecular complexity index is 1030. The molecule has 1 aliphatic rings. The summed E-state index contributed by atoms with van der Waals surface area (Å²) in [4.78, 5) is 27.3. The number of ketones is 1. The number of amides is 1. The summed E-state index contributed by atoms with van der Waals surface area (Å²) >= 11 is 6.04. The number of carbonyl (C=O) groups excluding carboxylic acids is 2. The molecule has 0 bridgehead atoms. The van der Waals surface area contributed by atoms with Gasteiger partial charge in [0.05, 0.1) is 24.8 Å². The van der Waals surface area contributed by atoms with Gasteiger partial charge in [-0.3, -0.25) is 9.59 Å². The van der Waals surface area contributed by atoms with E-state index in [9.17, 15) is 14.7 Å². The van der Waals surface area contributed by atoms with Crippen molar-refractivity contribution in [1.29, 1.82) is 0 Å². The van der Waals surface area contributed by atoms with Crippen LogP contribution in [0.15, 0.2) is 48.0 Å². The number of carbonyl (C=O) groups is 2. The summed E-state index contributed by atoms with van der Waals surface area (Å²) in [5.41, 5.74) is 2.10. The number of aliphatic hydroxyl groups is 1. The Morgan fingerprint density at radius 2 is 1.84 bits per heavy atom. The van der Waals surface area contributed by atoms with E-state index in [0.29, 0.717) is 22.8 Å². The fourth-order valence-electron chi connectivity index (χ4n) is 3.88. The number of benzene rings is 2. The third-order valence-corrected chi connectivity index (χ3v) is 5.72. The monoisotopic (exact) mass is 457 g/mol. The molecule has 0 spiro atoms. The van der Waals surface area contributed by atoms with Gasteiger partial charge in [-0.2, -0.15) is 0 Å². The molecular formula is C25H28ClNO5. The van der Waals surface area contributed by atoms with Crippen molar-refractivity contribution in [1.82, 2.24) is 4.90 Å². The number of methoxy groups -OCH3 is 1. The molecule has 1 unspecified atom stereocenters. The van der Waals surface area contributed by atoms with Gasteiger partial charge in [-0.25, -0.2) is 0 Å². The molecule has 2 aromatic carbocycles. The van der Waals surface area contributed by atoms with Gasteiger partial charge in [0, 0.05) is 24.2 Å². The van der Waals surface area contributed by atoms with E-state index < -0.39 is 17.7 Å². The number of halogens is 1. The van der Waals surface area contributed by atoms with E-state index in [1.54, 1.807) is 36.4 Å². The van der Waals surface area contributed by atoms with Gasteiger partial charge in [0.25, 0.3) is 11.7 Å². The number of hydrogen-bond donors (Lipinski definition) is 1. The molecule has 1 heterocycles. The lowest BCUT2D eigenvalue weighted by atomic mass is 9.93. The molecule has 0 saturated carbocycles. The molecule has 0 radical (unpaired) electrons. The normalized spacial score (nSPS) is 17.9. The lowest BCUT2D eigenvalue weighted by Gasteiger charge is -2.25. The van der Waals surface area contributed by atoms with E-state index in [1.807, 2.05) is 26.8 Å². The summed E-state index contributed by atoms with van der Waals surface area (Å²) < 4.78 is 10.8. The predicted molar refractivity (Wildman–Crippen MR) is 124 cm³/mol. The number of Topliss-reactive ketones (excluding diaryl/α,β-unsaturated/α-hetero) is 1. The van der Waals surface area contributed by atoms with Gasteiger partial charge in [-0.1, -0.05) is 37.6 Å². The van der Waals surface area contributed by atoms with Gasteiger partial charge in [-0.15, -0.1) is 0 Å². The fourth-order valence-corrected chi connectivity index (χ4v) is 4.01. The zero-order chi connectivity index (χ0) is 23.4. The largest absolute Gasteiger partial charge is 0.507 e. The van der Waals surface area contributed by atoms with Crippen molar-refractivity contribution in [3.63, 3.8) is 0 Å². The minimum Gasteiger partial charge on any atom is -0.507 e. The minimum absolute atomic E-state index is 0.0484. The lowest BCUT2D eigenvalue weighted by Crippen LogP contribution is -2.32. The van der Waals surface area contributed by atoms with Crippen LogP contribution < -0.4 is 4.74 Å². The summed E-state index contributed by atoms with van der Waals surface area (Å²) in [6.07, 6.45) is 0. The molecule has 1 amide bonds. The Balaban J connectivity index is 2.16. The van der Waals surface area contributed by atoms with Crippen LogP contribution in [-0.4, -0.2) is 48.6 Å². The highest BCUT2D eigenvalue weighted by molar-refractivity contribution is 6.46. The second kappa shape index (κ2) is 10.2. The van der Waals surface area contributed by atoms with Crippen molar-refractivity contribution in [2.24, 2.45) is 0 Å². The maximum absolute atomic E-state index is 13.0. The SMILES string of the molecule is CCOc1ccc(/C(O)=C2/C(=O)C(=O)N(CCOC)C2c2ccc(Cl)cc2)cc1C(C)C. The van der Waals surface area contributed by atoms with Crippen LogP contribution in [0, 0.1) is 0 Å². The van der Waals surface area contributed by atoms with Gasteiger partial charge in [0.15, 0.2) is 0 Å². The average molecular weight is 458 g/mol. The predicted octanol–water partition coefficient (Wildman–Crippen LogP) is 4.93. The van der Waals surface area contributed by atoms with Gasteiger partial charge >= 0.3 is 0 Å². The molecular weight excluding hydrogens is 430 g/mol. The highest BCUT2D eigenvalue weighted by Gasteiger charge is 2.45. The van der Waals surface area contributed by atoms with Crippen LogP contribution in [0.1, 0.15) is 49.4 Å². The van der Waals surface area contributed by atoms with E-state index in [4.69, 9.17) is 21.1 Å². The maximum Gasteiger partial charge on any atom is 0.295 e. The quantitative estimate of drug-likeness (QED) is 0.345. The van der Waals surface area contributed by atoms with Crippen LogP contribution in [0.3, 0.4) is 0 Å². The molecule has 1 N–H and O–H groups in total. The minimum atomic E-state index is -0.739. The Morgan fingerprint density at radius 3 is 2.44 bits per heavy atom. The summed E-state index contributed by atoms with van der Waals surface area (Å²) in [6, 6.07) is 11.5. The van der Waals surface area contributed by atoms with Crippen molar-refractivity contribution < 1.29 is 24.2 Å². The maximum atomic E-state index is 13.0. The molecule has 6 nitrogen and oxygen atoms in total. The van der Waals surface area contributed by atoms with E-state index in [-0.39, 0.29) is 30.4 Å². The smallest absolute Gasteiger partial charge is 0.295 e. The van der Waals surface area contributed by atoms with E-state index in [0.717, 1.165) is 11.3 Å². The van der Waals surface area contributed by atoms with Crippen LogP contribution in [0.4, 0.5) is 0 Å². The van der Waals surface area contributed by atoms with E-state index in [1.165, 1.54) is 12.0 Å². The third-order valence-electron chi connectivity index (χ3n) is 5.47. The number of rotatable bonds is 8.